The van der Waals surface area contributed by atoms with Gasteiger partial charge in [0.2, 0.25) is 12.7 Å². The molecule has 2 aromatic rings. The van der Waals surface area contributed by atoms with Crippen molar-refractivity contribution in [2.24, 2.45) is 5.92 Å². The number of rotatable bonds is 5. The number of non-ortho nitro benzene ring substituents is 1. The molecule has 2 aliphatic heterocycles. The van der Waals surface area contributed by atoms with Gasteiger partial charge < -0.3 is 19.9 Å². The van der Waals surface area contributed by atoms with E-state index in [1.807, 2.05) is 18.2 Å². The predicted molar refractivity (Wildman–Crippen MR) is 120 cm³/mol. The molecular weight excluding hydrogens is 426 g/mol. The van der Waals surface area contributed by atoms with Crippen molar-refractivity contribution in [3.8, 4) is 11.5 Å². The minimum absolute atomic E-state index is 0.0209. The monoisotopic (exact) mass is 453 g/mol. The van der Waals surface area contributed by atoms with Gasteiger partial charge in [-0.3, -0.25) is 19.8 Å². The number of aliphatic hydroxyl groups is 1. The number of nitrogens with zero attached hydrogens (tertiary/aromatic N) is 2. The van der Waals surface area contributed by atoms with Gasteiger partial charge in [-0.25, -0.2) is 0 Å². The molecule has 2 aromatic carbocycles. The van der Waals surface area contributed by atoms with Gasteiger partial charge in [0.15, 0.2) is 11.5 Å². The molecular formula is C24H27N3O6. The number of piperidine rings is 1. The minimum atomic E-state index is -0.732. The third kappa shape index (κ3) is 4.26. The fourth-order valence-electron chi connectivity index (χ4n) is 5.51. The van der Waals surface area contributed by atoms with Crippen molar-refractivity contribution in [1.82, 2.24) is 4.90 Å². The van der Waals surface area contributed by atoms with E-state index in [2.05, 4.69) is 10.2 Å². The molecule has 0 bridgehead atoms. The predicted octanol–water partition coefficient (Wildman–Crippen LogP) is 3.63. The standard InChI is InChI=1S/C24H27N3O6/c28-22(25-17-5-7-18(8-6-17)27(30)31)14-26-12-11-24(29)10-2-1-3-19(24)23(26)16-4-9-20-21(13-16)33-15-32-20/h4-9,13,19,23,29H,1-3,10-12,14-15H2,(H,25,28)/t19-,23-,24+/m0/s1. The summed E-state index contributed by atoms with van der Waals surface area (Å²) in [6.45, 7) is 0.945. The van der Waals surface area contributed by atoms with Crippen LogP contribution in [0.4, 0.5) is 11.4 Å². The lowest BCUT2D eigenvalue weighted by molar-refractivity contribution is -0.384. The number of anilines is 1. The Labute approximate surface area is 191 Å². The lowest BCUT2D eigenvalue weighted by atomic mass is 9.66. The van der Waals surface area contributed by atoms with Gasteiger partial charge in [-0.15, -0.1) is 0 Å². The van der Waals surface area contributed by atoms with Crippen LogP contribution in [-0.2, 0) is 4.79 Å². The number of carbonyl (C=O) groups is 1. The minimum Gasteiger partial charge on any atom is -0.454 e. The number of carbonyl (C=O) groups excluding carboxylic acids is 1. The quantitative estimate of drug-likeness (QED) is 0.525. The summed E-state index contributed by atoms with van der Waals surface area (Å²) in [5, 5.41) is 25.1. The SMILES string of the molecule is O=C(CN1CC[C@]2(O)CCCC[C@H]2[C@@H]1c1ccc2c(c1)OCO2)Nc1ccc([N+](=O)[O-])cc1. The Morgan fingerprint density at radius 3 is 2.73 bits per heavy atom. The summed E-state index contributed by atoms with van der Waals surface area (Å²) >= 11 is 0. The Kier molecular flexibility index (Phi) is 5.67. The van der Waals surface area contributed by atoms with E-state index in [0.29, 0.717) is 30.2 Å². The number of amides is 1. The van der Waals surface area contributed by atoms with Crippen molar-refractivity contribution in [1.29, 1.82) is 0 Å². The largest absolute Gasteiger partial charge is 0.454 e. The van der Waals surface area contributed by atoms with Crippen molar-refractivity contribution >= 4 is 17.3 Å². The van der Waals surface area contributed by atoms with Crippen LogP contribution in [0.1, 0.15) is 43.7 Å². The average Bonchev–Trinajstić information content (AvgIpc) is 3.27. The number of benzene rings is 2. The maximum absolute atomic E-state index is 12.9. The van der Waals surface area contributed by atoms with Crippen molar-refractivity contribution in [2.75, 3.05) is 25.2 Å². The molecule has 2 fully saturated rings. The Morgan fingerprint density at radius 2 is 1.94 bits per heavy atom. The second-order valence-electron chi connectivity index (χ2n) is 9.09. The third-order valence-electron chi connectivity index (χ3n) is 7.12. The van der Waals surface area contributed by atoms with Crippen molar-refractivity contribution in [3.63, 3.8) is 0 Å². The molecule has 5 rings (SSSR count). The summed E-state index contributed by atoms with van der Waals surface area (Å²) in [6, 6.07) is 11.5. The molecule has 0 unspecified atom stereocenters. The summed E-state index contributed by atoms with van der Waals surface area (Å²) in [6.07, 6.45) is 4.37. The molecule has 9 heteroatoms. The fraction of sp³-hybridized carbons (Fsp3) is 0.458. The summed E-state index contributed by atoms with van der Waals surface area (Å²) in [4.78, 5) is 25.4. The summed E-state index contributed by atoms with van der Waals surface area (Å²) in [5.74, 6) is 1.21. The zero-order valence-electron chi connectivity index (χ0n) is 18.2. The number of hydrogen-bond donors (Lipinski definition) is 2. The van der Waals surface area contributed by atoms with Gasteiger partial charge in [-0.05, 0) is 49.1 Å². The third-order valence-corrected chi connectivity index (χ3v) is 7.12. The Balaban J connectivity index is 1.37. The van der Waals surface area contributed by atoms with E-state index in [9.17, 15) is 20.0 Å². The van der Waals surface area contributed by atoms with Crippen LogP contribution in [0.2, 0.25) is 0 Å². The molecule has 2 heterocycles. The molecule has 0 radical (unpaired) electrons. The number of fused-ring (bicyclic) bond motifs is 2. The lowest BCUT2D eigenvalue weighted by Crippen LogP contribution is -2.56. The number of hydrogen-bond acceptors (Lipinski definition) is 7. The number of nitro benzene ring substituents is 1. The van der Waals surface area contributed by atoms with Gasteiger partial charge in [0, 0.05) is 36.3 Å². The lowest BCUT2D eigenvalue weighted by Gasteiger charge is -2.52. The Hall–Kier alpha value is -3.17. The van der Waals surface area contributed by atoms with E-state index in [-0.39, 0.29) is 36.9 Å². The van der Waals surface area contributed by atoms with Crippen molar-refractivity contribution < 1.29 is 24.3 Å². The number of nitrogens with one attached hydrogen (secondary N) is 1. The van der Waals surface area contributed by atoms with E-state index < -0.39 is 10.5 Å². The van der Waals surface area contributed by atoms with Crippen LogP contribution in [-0.4, -0.2) is 46.3 Å². The topological polar surface area (TPSA) is 114 Å². The first-order chi connectivity index (χ1) is 15.9. The molecule has 3 atom stereocenters. The van der Waals surface area contributed by atoms with Crippen molar-refractivity contribution in [3.05, 3.63) is 58.1 Å². The molecule has 3 aliphatic rings. The molecule has 1 saturated heterocycles. The Morgan fingerprint density at radius 1 is 1.15 bits per heavy atom. The second-order valence-corrected chi connectivity index (χ2v) is 9.09. The zero-order chi connectivity index (χ0) is 23.0. The Bertz CT molecular complexity index is 1060. The van der Waals surface area contributed by atoms with Gasteiger partial charge in [0.1, 0.15) is 0 Å². The van der Waals surface area contributed by atoms with Crippen LogP contribution < -0.4 is 14.8 Å². The van der Waals surface area contributed by atoms with Crippen molar-refractivity contribution in [2.45, 2.75) is 43.7 Å². The van der Waals surface area contributed by atoms with Crippen LogP contribution in [0.3, 0.4) is 0 Å². The summed E-state index contributed by atoms with van der Waals surface area (Å²) in [5.41, 5.74) is 0.761. The van der Waals surface area contributed by atoms with E-state index >= 15 is 0 Å². The number of ether oxygens (including phenoxy) is 2. The normalized spacial score (nSPS) is 26.5. The maximum atomic E-state index is 12.9. The molecule has 2 N–H and O–H groups in total. The highest BCUT2D eigenvalue weighted by molar-refractivity contribution is 5.92. The van der Waals surface area contributed by atoms with Gasteiger partial charge in [-0.1, -0.05) is 18.9 Å². The van der Waals surface area contributed by atoms with Gasteiger partial charge in [0.25, 0.3) is 5.69 Å². The number of nitro groups is 1. The highest BCUT2D eigenvalue weighted by atomic mass is 16.7. The van der Waals surface area contributed by atoms with E-state index in [0.717, 1.165) is 31.2 Å². The highest BCUT2D eigenvalue weighted by Gasteiger charge is 2.49. The molecule has 0 aromatic heterocycles. The zero-order valence-corrected chi connectivity index (χ0v) is 18.2. The van der Waals surface area contributed by atoms with E-state index in [1.165, 1.54) is 24.3 Å². The fourth-order valence-corrected chi connectivity index (χ4v) is 5.51. The molecule has 0 spiro atoms. The molecule has 1 aliphatic carbocycles. The van der Waals surface area contributed by atoms with Crippen LogP contribution in [0.15, 0.2) is 42.5 Å². The first-order valence-electron chi connectivity index (χ1n) is 11.3. The van der Waals surface area contributed by atoms with Gasteiger partial charge in [-0.2, -0.15) is 0 Å². The smallest absolute Gasteiger partial charge is 0.269 e. The van der Waals surface area contributed by atoms with Crippen LogP contribution in [0, 0.1) is 16.0 Å². The van der Waals surface area contributed by atoms with E-state index in [4.69, 9.17) is 9.47 Å². The number of likely N-dealkylation sites (tertiary alicyclic amines) is 1. The molecule has 9 nitrogen and oxygen atoms in total. The first-order valence-corrected chi connectivity index (χ1v) is 11.3. The molecule has 1 saturated carbocycles. The molecule has 1 amide bonds. The summed E-state index contributed by atoms with van der Waals surface area (Å²) in [7, 11) is 0. The van der Waals surface area contributed by atoms with Gasteiger partial charge in [0.05, 0.1) is 17.1 Å². The molecule has 174 valence electrons. The van der Waals surface area contributed by atoms with Crippen LogP contribution in [0.25, 0.3) is 0 Å². The first kappa shape index (κ1) is 21.7. The highest BCUT2D eigenvalue weighted by Crippen LogP contribution is 2.50. The van der Waals surface area contributed by atoms with Gasteiger partial charge >= 0.3 is 0 Å². The second kappa shape index (κ2) is 8.64. The average molecular weight is 453 g/mol. The van der Waals surface area contributed by atoms with E-state index in [1.54, 1.807) is 0 Å². The van der Waals surface area contributed by atoms with Crippen LogP contribution >= 0.6 is 0 Å². The summed E-state index contributed by atoms with van der Waals surface area (Å²) < 4.78 is 11.0. The maximum Gasteiger partial charge on any atom is 0.269 e. The molecule has 33 heavy (non-hydrogen) atoms. The van der Waals surface area contributed by atoms with Crippen LogP contribution in [0.5, 0.6) is 11.5 Å².